The number of aromatic nitrogens is 1. The molecule has 3 rings (SSSR count). The lowest BCUT2D eigenvalue weighted by Crippen LogP contribution is -2.50. The van der Waals surface area contributed by atoms with Gasteiger partial charge in [-0.2, -0.15) is 0 Å². The molecule has 2 heterocycles. The third-order valence-corrected chi connectivity index (χ3v) is 6.10. The minimum absolute atomic E-state index is 0.0633. The van der Waals surface area contributed by atoms with Gasteiger partial charge in [0.25, 0.3) is 5.91 Å². The largest absolute Gasteiger partial charge is 0.453 e. The molecule has 0 radical (unpaired) electrons. The second-order valence-electron chi connectivity index (χ2n) is 8.72. The van der Waals surface area contributed by atoms with Gasteiger partial charge in [0, 0.05) is 50.8 Å². The van der Waals surface area contributed by atoms with Gasteiger partial charge in [0.15, 0.2) is 0 Å². The van der Waals surface area contributed by atoms with Crippen LogP contribution in [0.2, 0.25) is 0 Å². The van der Waals surface area contributed by atoms with Crippen molar-refractivity contribution in [3.05, 3.63) is 29.1 Å². The van der Waals surface area contributed by atoms with E-state index >= 15 is 0 Å². The van der Waals surface area contributed by atoms with Gasteiger partial charge >= 0.3 is 6.09 Å². The van der Waals surface area contributed by atoms with Gasteiger partial charge < -0.3 is 29.7 Å². The first-order valence-corrected chi connectivity index (χ1v) is 12.0. The predicted octanol–water partition coefficient (Wildman–Crippen LogP) is 1.99. The molecule has 0 aromatic carbocycles. The van der Waals surface area contributed by atoms with Crippen LogP contribution in [0.1, 0.15) is 55.6 Å². The molecule has 33 heavy (non-hydrogen) atoms. The molecule has 2 fully saturated rings. The number of carbonyl (C=O) groups is 2. The predicted molar refractivity (Wildman–Crippen MR) is 124 cm³/mol. The van der Waals surface area contributed by atoms with E-state index in [1.165, 1.54) is 7.11 Å². The number of nitrogens with one attached hydrogen (secondary N) is 2. The average molecular weight is 463 g/mol. The Hall–Kier alpha value is -2.23. The molecule has 1 saturated heterocycles. The molecule has 0 bridgehead atoms. The van der Waals surface area contributed by atoms with Crippen LogP contribution in [0.5, 0.6) is 0 Å². The minimum atomic E-state index is -0.427. The van der Waals surface area contributed by atoms with Crippen molar-refractivity contribution < 1.29 is 23.8 Å². The maximum atomic E-state index is 13.4. The Bertz CT molecular complexity index is 780. The number of aryl methyl sites for hydroxylation is 2. The van der Waals surface area contributed by atoms with Crippen molar-refractivity contribution in [1.82, 2.24) is 20.5 Å². The van der Waals surface area contributed by atoms with Crippen LogP contribution in [0, 0.1) is 0 Å². The maximum Gasteiger partial charge on any atom is 0.406 e. The summed E-state index contributed by atoms with van der Waals surface area (Å²) in [5.41, 5.74) is 3.07. The summed E-state index contributed by atoms with van der Waals surface area (Å²) in [7, 11) is 3.06. The van der Waals surface area contributed by atoms with Gasteiger partial charge in [0.05, 0.1) is 19.8 Å². The number of rotatable bonds is 12. The maximum absolute atomic E-state index is 13.4. The van der Waals surface area contributed by atoms with Crippen LogP contribution in [0.3, 0.4) is 0 Å². The Morgan fingerprint density at radius 3 is 2.58 bits per heavy atom. The second-order valence-corrected chi connectivity index (χ2v) is 8.72. The fraction of sp³-hybridized carbons (Fsp3) is 0.708. The Balaban J connectivity index is 1.75. The summed E-state index contributed by atoms with van der Waals surface area (Å²) in [6.45, 7) is 5.21. The minimum Gasteiger partial charge on any atom is -0.453 e. The van der Waals surface area contributed by atoms with Crippen LogP contribution < -0.4 is 10.6 Å². The standard InChI is InChI=1S/C24H38N4O5/c1-17(28(21-8-9-21)23(29)22-16-25-11-13-33-22)18-14-19(6-4-10-26-24(30)32-3)27-20(15-18)7-5-12-31-2/h14-15,17,21-22,25H,4-13,16H2,1-3H3,(H,26,30). The Morgan fingerprint density at radius 1 is 1.24 bits per heavy atom. The molecule has 9 heteroatoms. The average Bonchev–Trinajstić information content (AvgIpc) is 3.67. The third kappa shape index (κ3) is 7.65. The molecule has 1 aliphatic carbocycles. The van der Waals surface area contributed by atoms with Crippen LogP contribution in [0.25, 0.3) is 0 Å². The molecule has 1 aliphatic heterocycles. The van der Waals surface area contributed by atoms with Crippen LogP contribution in [0.4, 0.5) is 4.79 Å². The van der Waals surface area contributed by atoms with Gasteiger partial charge in [-0.25, -0.2) is 4.79 Å². The summed E-state index contributed by atoms with van der Waals surface area (Å²) in [4.78, 5) is 31.5. The number of alkyl carbamates (subject to hydrolysis) is 1. The molecule has 2 aliphatic rings. The van der Waals surface area contributed by atoms with Crippen LogP contribution in [-0.2, 0) is 31.8 Å². The summed E-state index contributed by atoms with van der Waals surface area (Å²) in [5, 5.41) is 5.97. The lowest BCUT2D eigenvalue weighted by atomic mass is 10.0. The van der Waals surface area contributed by atoms with Crippen molar-refractivity contribution in [3.8, 4) is 0 Å². The smallest absolute Gasteiger partial charge is 0.406 e. The number of morpholine rings is 1. The van der Waals surface area contributed by atoms with Crippen LogP contribution in [0.15, 0.2) is 12.1 Å². The van der Waals surface area contributed by atoms with E-state index in [0.717, 1.165) is 62.0 Å². The van der Waals surface area contributed by atoms with Crippen LogP contribution in [-0.4, -0.2) is 81.1 Å². The fourth-order valence-electron chi connectivity index (χ4n) is 4.19. The molecule has 1 aromatic rings. The highest BCUT2D eigenvalue weighted by atomic mass is 16.5. The highest BCUT2D eigenvalue weighted by molar-refractivity contribution is 5.82. The van der Waals surface area contributed by atoms with E-state index in [1.807, 2.05) is 4.90 Å². The number of amides is 2. The molecule has 0 spiro atoms. The highest BCUT2D eigenvalue weighted by Gasteiger charge is 2.40. The highest BCUT2D eigenvalue weighted by Crippen LogP contribution is 2.35. The quantitative estimate of drug-likeness (QED) is 0.458. The van der Waals surface area contributed by atoms with Crippen LogP contribution >= 0.6 is 0 Å². The number of nitrogens with zero attached hydrogens (tertiary/aromatic N) is 2. The Labute approximate surface area is 196 Å². The molecule has 1 saturated carbocycles. The molecule has 2 atom stereocenters. The van der Waals surface area contributed by atoms with E-state index in [1.54, 1.807) is 7.11 Å². The Kier molecular flexibility index (Phi) is 9.90. The first-order chi connectivity index (χ1) is 16.0. The summed E-state index contributed by atoms with van der Waals surface area (Å²) in [6.07, 6.45) is 4.41. The Morgan fingerprint density at radius 2 is 1.97 bits per heavy atom. The topological polar surface area (TPSA) is 102 Å². The third-order valence-electron chi connectivity index (χ3n) is 6.10. The van der Waals surface area contributed by atoms with E-state index in [2.05, 4.69) is 34.4 Å². The van der Waals surface area contributed by atoms with Gasteiger partial charge in [-0.05, 0) is 63.1 Å². The van der Waals surface area contributed by atoms with Gasteiger partial charge in [-0.3, -0.25) is 9.78 Å². The number of methoxy groups -OCH3 is 2. The molecule has 2 N–H and O–H groups in total. The zero-order valence-corrected chi connectivity index (χ0v) is 20.1. The van der Waals surface area contributed by atoms with E-state index in [0.29, 0.717) is 26.3 Å². The second kappa shape index (κ2) is 12.9. The molecule has 9 nitrogen and oxygen atoms in total. The first-order valence-electron chi connectivity index (χ1n) is 12.0. The summed E-state index contributed by atoms with van der Waals surface area (Å²) in [6, 6.07) is 4.44. The van der Waals surface area contributed by atoms with Crippen molar-refractivity contribution in [1.29, 1.82) is 0 Å². The lowest BCUT2D eigenvalue weighted by molar-refractivity contribution is -0.148. The van der Waals surface area contributed by atoms with Crippen molar-refractivity contribution in [2.75, 3.05) is 47.1 Å². The van der Waals surface area contributed by atoms with Crippen molar-refractivity contribution in [2.45, 2.75) is 63.6 Å². The van der Waals surface area contributed by atoms with Crippen molar-refractivity contribution in [2.24, 2.45) is 0 Å². The van der Waals surface area contributed by atoms with Crippen molar-refractivity contribution >= 4 is 12.0 Å². The van der Waals surface area contributed by atoms with Gasteiger partial charge in [-0.15, -0.1) is 0 Å². The zero-order chi connectivity index (χ0) is 23.6. The van der Waals surface area contributed by atoms with E-state index in [4.69, 9.17) is 14.5 Å². The van der Waals surface area contributed by atoms with Gasteiger partial charge in [0.1, 0.15) is 6.10 Å². The first kappa shape index (κ1) is 25.4. The van der Waals surface area contributed by atoms with E-state index in [-0.39, 0.29) is 18.0 Å². The summed E-state index contributed by atoms with van der Waals surface area (Å²) < 4.78 is 15.6. The monoisotopic (exact) mass is 462 g/mol. The number of hydrogen-bond acceptors (Lipinski definition) is 7. The molecule has 184 valence electrons. The number of ether oxygens (including phenoxy) is 3. The molecule has 2 unspecified atom stereocenters. The number of hydrogen-bond donors (Lipinski definition) is 2. The number of pyridine rings is 1. The molecule has 1 aromatic heterocycles. The summed E-state index contributed by atoms with van der Waals surface area (Å²) in [5.74, 6) is 0.0683. The van der Waals surface area contributed by atoms with E-state index in [9.17, 15) is 9.59 Å². The molecular weight excluding hydrogens is 424 g/mol. The normalized spacial score (nSPS) is 19.1. The van der Waals surface area contributed by atoms with Crippen molar-refractivity contribution in [3.63, 3.8) is 0 Å². The van der Waals surface area contributed by atoms with Gasteiger partial charge in [-0.1, -0.05) is 0 Å². The molecular formula is C24H38N4O5. The SMILES string of the molecule is COCCCc1cc(C(C)N(C(=O)C2CNCCO2)C2CC2)cc(CCCNC(=O)OC)n1. The fourth-order valence-corrected chi connectivity index (χ4v) is 4.19. The lowest BCUT2D eigenvalue weighted by Gasteiger charge is -2.34. The zero-order valence-electron chi connectivity index (χ0n) is 20.1. The molecule has 2 amide bonds. The van der Waals surface area contributed by atoms with Gasteiger partial charge in [0.2, 0.25) is 0 Å². The number of carbonyl (C=O) groups excluding carboxylic acids is 2. The summed E-state index contributed by atoms with van der Waals surface area (Å²) >= 11 is 0. The van der Waals surface area contributed by atoms with E-state index < -0.39 is 12.2 Å².